The number of carbonyl (C=O) groups excluding carboxylic acids is 2. The number of carbonyl (C=O) groups is 2. The highest BCUT2D eigenvalue weighted by Crippen LogP contribution is 2.36. The average molecular weight is 579 g/mol. The van der Waals surface area contributed by atoms with Gasteiger partial charge in [-0.25, -0.2) is 4.98 Å². The van der Waals surface area contributed by atoms with Crippen molar-refractivity contribution in [3.63, 3.8) is 0 Å². The Balaban J connectivity index is 0.00000226. The molecule has 2 saturated heterocycles. The number of nitrogens with zero attached hydrogens (tertiary/aromatic N) is 6. The molecule has 0 radical (unpaired) electrons. The third-order valence-electron chi connectivity index (χ3n) is 7.65. The molecule has 1 unspecified atom stereocenters. The van der Waals surface area contributed by atoms with Crippen molar-refractivity contribution in [1.82, 2.24) is 14.8 Å². The molecule has 0 bridgehead atoms. The molecule has 12 heteroatoms. The molecule has 0 spiro atoms. The summed E-state index contributed by atoms with van der Waals surface area (Å²) in [6.07, 6.45) is -4.32. The first-order chi connectivity index (χ1) is 19.4. The van der Waals surface area contributed by atoms with Crippen LogP contribution in [0, 0.1) is 13.8 Å². The Hall–Kier alpha value is -3.22. The summed E-state index contributed by atoms with van der Waals surface area (Å²) in [5, 5.41) is 7.00. The SMILES string of the molecule is CO.Cc1cc(C(F)(F)F)cc(N2C(=O)CCC2C(=O)N(C)c2cccc(C)c2N(C)CCN2CCN(C)CC2)n1. The van der Waals surface area contributed by atoms with Crippen molar-refractivity contribution < 1.29 is 27.9 Å². The van der Waals surface area contributed by atoms with Crippen molar-refractivity contribution in [3.8, 4) is 0 Å². The topological polar surface area (TPSA) is 83.5 Å². The normalized spacial score (nSPS) is 18.2. The monoisotopic (exact) mass is 578 g/mol. The number of halogens is 3. The van der Waals surface area contributed by atoms with Gasteiger partial charge in [0.05, 0.1) is 16.9 Å². The third kappa shape index (κ3) is 7.55. The maximum Gasteiger partial charge on any atom is 0.416 e. The van der Waals surface area contributed by atoms with E-state index in [1.54, 1.807) is 7.05 Å². The summed E-state index contributed by atoms with van der Waals surface area (Å²) in [6, 6.07) is 6.57. The van der Waals surface area contributed by atoms with E-state index in [1.807, 2.05) is 32.2 Å². The number of piperazine rings is 1. The summed E-state index contributed by atoms with van der Waals surface area (Å²) in [6.45, 7) is 9.19. The number of rotatable bonds is 7. The number of aliphatic hydroxyl groups excluding tert-OH is 1. The summed E-state index contributed by atoms with van der Waals surface area (Å²) >= 11 is 0. The van der Waals surface area contributed by atoms with E-state index in [0.29, 0.717) is 5.69 Å². The smallest absolute Gasteiger partial charge is 0.400 e. The van der Waals surface area contributed by atoms with Gasteiger partial charge >= 0.3 is 6.18 Å². The zero-order valence-corrected chi connectivity index (χ0v) is 24.7. The second kappa shape index (κ2) is 13.6. The molecule has 4 rings (SSSR count). The number of hydrogen-bond acceptors (Lipinski definition) is 7. The molecule has 226 valence electrons. The third-order valence-corrected chi connectivity index (χ3v) is 7.65. The van der Waals surface area contributed by atoms with Crippen LogP contribution >= 0.6 is 0 Å². The van der Waals surface area contributed by atoms with Crippen LogP contribution in [0.4, 0.5) is 30.4 Å². The largest absolute Gasteiger partial charge is 0.416 e. The van der Waals surface area contributed by atoms with Crippen LogP contribution in [-0.2, 0) is 15.8 Å². The van der Waals surface area contributed by atoms with Gasteiger partial charge in [-0.05, 0) is 51.1 Å². The van der Waals surface area contributed by atoms with Crippen LogP contribution in [0.5, 0.6) is 0 Å². The maximum absolute atomic E-state index is 13.8. The molecule has 0 aliphatic carbocycles. The molecule has 9 nitrogen and oxygen atoms in total. The van der Waals surface area contributed by atoms with Gasteiger partial charge in [0.15, 0.2) is 0 Å². The first-order valence-electron chi connectivity index (χ1n) is 13.7. The predicted octanol–water partition coefficient (Wildman–Crippen LogP) is 3.17. The van der Waals surface area contributed by atoms with Crippen LogP contribution in [0.15, 0.2) is 30.3 Å². The predicted molar refractivity (Wildman–Crippen MR) is 154 cm³/mol. The maximum atomic E-state index is 13.8. The Kier molecular flexibility index (Phi) is 10.7. The summed E-state index contributed by atoms with van der Waals surface area (Å²) in [7, 11) is 6.78. The number of anilines is 3. The van der Waals surface area contributed by atoms with E-state index in [4.69, 9.17) is 5.11 Å². The van der Waals surface area contributed by atoms with Gasteiger partial charge in [-0.15, -0.1) is 0 Å². The number of amides is 2. The van der Waals surface area contributed by atoms with Gasteiger partial charge in [0, 0.05) is 72.6 Å². The van der Waals surface area contributed by atoms with Crippen molar-refractivity contribution >= 4 is 29.0 Å². The quantitative estimate of drug-likeness (QED) is 0.541. The second-order valence-electron chi connectivity index (χ2n) is 10.6. The molecule has 2 aliphatic rings. The van der Waals surface area contributed by atoms with Crippen molar-refractivity contribution in [2.75, 3.05) is 82.2 Å². The van der Waals surface area contributed by atoms with Crippen LogP contribution in [0.25, 0.3) is 0 Å². The van der Waals surface area contributed by atoms with Crippen molar-refractivity contribution in [2.45, 2.75) is 38.9 Å². The Morgan fingerprint density at radius 3 is 2.39 bits per heavy atom. The van der Waals surface area contributed by atoms with E-state index >= 15 is 0 Å². The molecular formula is C29H41F3N6O3. The first kappa shape index (κ1) is 32.3. The summed E-state index contributed by atoms with van der Waals surface area (Å²) in [5.74, 6) is -0.927. The van der Waals surface area contributed by atoms with E-state index < -0.39 is 23.7 Å². The van der Waals surface area contributed by atoms with Gasteiger partial charge in [0.1, 0.15) is 11.9 Å². The lowest BCUT2D eigenvalue weighted by atomic mass is 10.1. The fraction of sp³-hybridized carbons (Fsp3) is 0.552. The van der Waals surface area contributed by atoms with Crippen LogP contribution in [-0.4, -0.2) is 105 Å². The van der Waals surface area contributed by atoms with E-state index in [9.17, 15) is 22.8 Å². The number of aryl methyl sites for hydroxylation is 2. The number of alkyl halides is 3. The molecule has 2 amide bonds. The minimum Gasteiger partial charge on any atom is -0.400 e. The first-order valence-corrected chi connectivity index (χ1v) is 13.7. The van der Waals surface area contributed by atoms with Crippen LogP contribution in [0.3, 0.4) is 0 Å². The van der Waals surface area contributed by atoms with Crippen molar-refractivity contribution in [1.29, 1.82) is 0 Å². The van der Waals surface area contributed by atoms with Crippen LogP contribution in [0.1, 0.15) is 29.7 Å². The van der Waals surface area contributed by atoms with Crippen LogP contribution in [0.2, 0.25) is 0 Å². The zero-order chi connectivity index (χ0) is 30.5. The standard InChI is InChI=1S/C28H37F3N6O2.CH4O/c1-19-7-6-8-22(26(19)34(4)13-16-36-14-11-33(3)12-15-36)35(5)27(39)23-9-10-25(38)37(23)24-18-21(28(29,30)31)17-20(2)32-24;1-2/h6-8,17-18,23H,9-16H2,1-5H3;2H,1H3. The lowest BCUT2D eigenvalue weighted by molar-refractivity contribution is -0.137. The van der Waals surface area contributed by atoms with E-state index in [1.165, 1.54) is 11.8 Å². The van der Waals surface area contributed by atoms with Gasteiger partial charge < -0.3 is 19.8 Å². The minimum absolute atomic E-state index is 0.0623. The second-order valence-corrected chi connectivity index (χ2v) is 10.6. The molecule has 0 saturated carbocycles. The Morgan fingerprint density at radius 1 is 1.10 bits per heavy atom. The van der Waals surface area contributed by atoms with Crippen LogP contribution < -0.4 is 14.7 Å². The average Bonchev–Trinajstić information content (AvgIpc) is 3.33. The number of para-hydroxylation sites is 1. The molecular weight excluding hydrogens is 537 g/mol. The molecule has 41 heavy (non-hydrogen) atoms. The molecule has 2 aliphatic heterocycles. The molecule has 2 fully saturated rings. The number of hydrogen-bond donors (Lipinski definition) is 1. The molecule has 3 heterocycles. The minimum atomic E-state index is -4.59. The molecule has 1 N–H and O–H groups in total. The fourth-order valence-corrected chi connectivity index (χ4v) is 5.37. The summed E-state index contributed by atoms with van der Waals surface area (Å²) in [4.78, 5) is 40.4. The lowest BCUT2D eigenvalue weighted by Crippen LogP contribution is -2.47. The summed E-state index contributed by atoms with van der Waals surface area (Å²) in [5.41, 5.74) is 1.83. The molecule has 1 aromatic carbocycles. The number of benzene rings is 1. The molecule has 2 aromatic rings. The zero-order valence-electron chi connectivity index (χ0n) is 24.7. The van der Waals surface area contributed by atoms with Crippen molar-refractivity contribution in [2.24, 2.45) is 0 Å². The van der Waals surface area contributed by atoms with E-state index in [0.717, 1.165) is 74.7 Å². The highest BCUT2D eigenvalue weighted by atomic mass is 19.4. The van der Waals surface area contributed by atoms with Crippen molar-refractivity contribution in [3.05, 3.63) is 47.2 Å². The van der Waals surface area contributed by atoms with E-state index in [-0.39, 0.29) is 30.3 Å². The number of likely N-dealkylation sites (N-methyl/N-ethyl adjacent to an activating group) is 3. The lowest BCUT2D eigenvalue weighted by Gasteiger charge is -2.35. The highest BCUT2D eigenvalue weighted by molar-refractivity contribution is 6.09. The van der Waals surface area contributed by atoms with Gasteiger partial charge in [-0.3, -0.25) is 19.4 Å². The van der Waals surface area contributed by atoms with Gasteiger partial charge in [0.2, 0.25) is 11.8 Å². The Labute approximate surface area is 240 Å². The fourth-order valence-electron chi connectivity index (χ4n) is 5.37. The summed E-state index contributed by atoms with van der Waals surface area (Å²) < 4.78 is 40.4. The Morgan fingerprint density at radius 2 is 1.76 bits per heavy atom. The molecule has 1 atom stereocenters. The highest BCUT2D eigenvalue weighted by Gasteiger charge is 2.41. The van der Waals surface area contributed by atoms with Gasteiger partial charge in [-0.1, -0.05) is 12.1 Å². The van der Waals surface area contributed by atoms with Gasteiger partial charge in [-0.2, -0.15) is 13.2 Å². The van der Waals surface area contributed by atoms with Gasteiger partial charge in [0.25, 0.3) is 0 Å². The number of pyridine rings is 1. The number of aliphatic hydroxyl groups is 1. The molecule has 1 aromatic heterocycles. The Bertz CT molecular complexity index is 1220. The number of aromatic nitrogens is 1. The van der Waals surface area contributed by atoms with E-state index in [2.05, 4.69) is 26.7 Å².